The topological polar surface area (TPSA) is 72.2 Å². The Labute approximate surface area is 133 Å². The van der Waals surface area contributed by atoms with Crippen LogP contribution in [0.5, 0.6) is 0 Å². The molecule has 2 aromatic rings. The predicted molar refractivity (Wildman–Crippen MR) is 88.8 cm³/mol. The quantitative estimate of drug-likeness (QED) is 0.869. The molecule has 0 bridgehead atoms. The second-order valence-electron chi connectivity index (χ2n) is 4.96. The summed E-state index contributed by atoms with van der Waals surface area (Å²) in [6.45, 7) is 4.55. The van der Waals surface area contributed by atoms with Crippen LogP contribution in [0.3, 0.4) is 0 Å². The van der Waals surface area contributed by atoms with Crippen LogP contribution in [-0.2, 0) is 16.6 Å². The summed E-state index contributed by atoms with van der Waals surface area (Å²) in [5.41, 5.74) is 4.01. The van der Waals surface area contributed by atoms with Crippen LogP contribution in [0.25, 0.3) is 0 Å². The van der Waals surface area contributed by atoms with Gasteiger partial charge in [-0.05, 0) is 48.7 Å². The van der Waals surface area contributed by atoms with Gasteiger partial charge in [0.2, 0.25) is 10.0 Å². The van der Waals surface area contributed by atoms with Gasteiger partial charge in [0.05, 0.1) is 4.90 Å². The van der Waals surface area contributed by atoms with Crippen molar-refractivity contribution in [2.24, 2.45) is 5.14 Å². The predicted octanol–water partition coefficient (Wildman–Crippen LogP) is 3.33. The Bertz CT molecular complexity index is 773. The molecule has 0 unspecified atom stereocenters. The second kappa shape index (κ2) is 6.17. The van der Waals surface area contributed by atoms with E-state index in [0.29, 0.717) is 6.54 Å². The fourth-order valence-electron chi connectivity index (χ4n) is 1.91. The largest absolute Gasteiger partial charge is 0.381 e. The molecular weight excluding hydrogens is 352 g/mol. The summed E-state index contributed by atoms with van der Waals surface area (Å²) in [5.74, 6) is 0. The van der Waals surface area contributed by atoms with Crippen molar-refractivity contribution in [1.82, 2.24) is 0 Å². The lowest BCUT2D eigenvalue weighted by molar-refractivity contribution is 0.598. The molecule has 2 aromatic carbocycles. The summed E-state index contributed by atoms with van der Waals surface area (Å²) in [4.78, 5) is 0.112. The van der Waals surface area contributed by atoms with Crippen molar-refractivity contribution in [3.8, 4) is 0 Å². The molecular formula is C15H17BrN2O2S. The first kappa shape index (κ1) is 16.0. The number of hydrogen-bond acceptors (Lipinski definition) is 3. The molecule has 0 aromatic heterocycles. The van der Waals surface area contributed by atoms with Gasteiger partial charge in [-0.1, -0.05) is 34.1 Å². The standard InChI is InChI=1S/C15H17BrN2O2S/c1-10-3-5-12(7-14(10)16)9-18-15-8-13(21(17,19)20)6-4-11(15)2/h3-8,18H,9H2,1-2H3,(H2,17,19,20). The van der Waals surface area contributed by atoms with Crippen molar-refractivity contribution in [3.05, 3.63) is 57.6 Å². The molecule has 6 heteroatoms. The van der Waals surface area contributed by atoms with E-state index in [1.165, 1.54) is 11.6 Å². The van der Waals surface area contributed by atoms with E-state index in [1.54, 1.807) is 12.1 Å². The number of halogens is 1. The van der Waals surface area contributed by atoms with Gasteiger partial charge in [0.15, 0.2) is 0 Å². The Hall–Kier alpha value is -1.37. The summed E-state index contributed by atoms with van der Waals surface area (Å²) in [6.07, 6.45) is 0. The van der Waals surface area contributed by atoms with Gasteiger partial charge in [-0.3, -0.25) is 0 Å². The van der Waals surface area contributed by atoms with Crippen molar-refractivity contribution in [3.63, 3.8) is 0 Å². The maximum atomic E-state index is 11.4. The van der Waals surface area contributed by atoms with E-state index in [2.05, 4.69) is 21.2 Å². The highest BCUT2D eigenvalue weighted by atomic mass is 79.9. The third-order valence-corrected chi connectivity index (χ3v) is 5.02. The molecule has 0 heterocycles. The van der Waals surface area contributed by atoms with Crippen molar-refractivity contribution in [2.75, 3.05) is 5.32 Å². The summed E-state index contributed by atoms with van der Waals surface area (Å²) in [5, 5.41) is 8.41. The third kappa shape index (κ3) is 4.06. The smallest absolute Gasteiger partial charge is 0.238 e. The van der Waals surface area contributed by atoms with Crippen LogP contribution in [0, 0.1) is 13.8 Å². The maximum absolute atomic E-state index is 11.4. The number of primary sulfonamides is 1. The molecule has 0 radical (unpaired) electrons. The van der Waals surface area contributed by atoms with E-state index in [4.69, 9.17) is 5.14 Å². The number of nitrogens with one attached hydrogen (secondary N) is 1. The van der Waals surface area contributed by atoms with Crippen molar-refractivity contribution in [2.45, 2.75) is 25.3 Å². The number of aryl methyl sites for hydroxylation is 2. The zero-order valence-electron chi connectivity index (χ0n) is 11.9. The lowest BCUT2D eigenvalue weighted by Crippen LogP contribution is -2.13. The number of anilines is 1. The fraction of sp³-hybridized carbons (Fsp3) is 0.200. The van der Waals surface area contributed by atoms with E-state index >= 15 is 0 Å². The van der Waals surface area contributed by atoms with Gasteiger partial charge in [-0.2, -0.15) is 0 Å². The SMILES string of the molecule is Cc1ccc(CNc2cc(S(N)(=O)=O)ccc2C)cc1Br. The van der Waals surface area contributed by atoms with Crippen LogP contribution < -0.4 is 10.5 Å². The molecule has 112 valence electrons. The van der Waals surface area contributed by atoms with Crippen molar-refractivity contribution >= 4 is 31.6 Å². The lowest BCUT2D eigenvalue weighted by Gasteiger charge is -2.12. The zero-order chi connectivity index (χ0) is 15.6. The molecule has 0 saturated heterocycles. The minimum Gasteiger partial charge on any atom is -0.381 e. The highest BCUT2D eigenvalue weighted by molar-refractivity contribution is 9.10. The van der Waals surface area contributed by atoms with E-state index in [9.17, 15) is 8.42 Å². The molecule has 4 nitrogen and oxygen atoms in total. The average Bonchev–Trinajstić information content (AvgIpc) is 2.40. The van der Waals surface area contributed by atoms with Crippen LogP contribution >= 0.6 is 15.9 Å². The van der Waals surface area contributed by atoms with Gasteiger partial charge >= 0.3 is 0 Å². The first-order valence-electron chi connectivity index (χ1n) is 6.40. The van der Waals surface area contributed by atoms with E-state index in [0.717, 1.165) is 21.3 Å². The molecule has 0 atom stereocenters. The number of nitrogens with two attached hydrogens (primary N) is 1. The Balaban J connectivity index is 2.21. The summed E-state index contributed by atoms with van der Waals surface area (Å²) in [7, 11) is -3.68. The molecule has 0 aliphatic carbocycles. The second-order valence-corrected chi connectivity index (χ2v) is 7.37. The van der Waals surface area contributed by atoms with Gasteiger partial charge < -0.3 is 5.32 Å². The van der Waals surface area contributed by atoms with Gasteiger partial charge in [-0.25, -0.2) is 13.6 Å². The molecule has 21 heavy (non-hydrogen) atoms. The zero-order valence-corrected chi connectivity index (χ0v) is 14.3. The fourth-order valence-corrected chi connectivity index (χ4v) is 2.88. The van der Waals surface area contributed by atoms with Crippen LogP contribution in [0.4, 0.5) is 5.69 Å². The molecule has 0 spiro atoms. The van der Waals surface area contributed by atoms with Gasteiger partial charge in [-0.15, -0.1) is 0 Å². The number of rotatable bonds is 4. The Morgan fingerprint density at radius 1 is 1.10 bits per heavy atom. The van der Waals surface area contributed by atoms with Crippen LogP contribution in [0.15, 0.2) is 45.8 Å². The summed E-state index contributed by atoms with van der Waals surface area (Å²) < 4.78 is 23.8. The highest BCUT2D eigenvalue weighted by Crippen LogP contribution is 2.22. The minimum atomic E-state index is -3.68. The molecule has 0 saturated carbocycles. The van der Waals surface area contributed by atoms with E-state index < -0.39 is 10.0 Å². The Morgan fingerprint density at radius 3 is 2.38 bits per heavy atom. The normalized spacial score (nSPS) is 11.4. The average molecular weight is 369 g/mol. The van der Waals surface area contributed by atoms with E-state index in [1.807, 2.05) is 32.0 Å². The summed E-state index contributed by atoms with van der Waals surface area (Å²) in [6, 6.07) is 10.9. The van der Waals surface area contributed by atoms with Gasteiger partial charge in [0.25, 0.3) is 0 Å². The van der Waals surface area contributed by atoms with Gasteiger partial charge in [0, 0.05) is 16.7 Å². The molecule has 0 aliphatic heterocycles. The molecule has 0 fully saturated rings. The Morgan fingerprint density at radius 2 is 1.76 bits per heavy atom. The minimum absolute atomic E-state index is 0.112. The number of benzene rings is 2. The monoisotopic (exact) mass is 368 g/mol. The lowest BCUT2D eigenvalue weighted by atomic mass is 10.1. The first-order valence-corrected chi connectivity index (χ1v) is 8.73. The Kier molecular flexibility index (Phi) is 4.70. The van der Waals surface area contributed by atoms with Crippen LogP contribution in [0.1, 0.15) is 16.7 Å². The van der Waals surface area contributed by atoms with Crippen molar-refractivity contribution < 1.29 is 8.42 Å². The molecule has 2 rings (SSSR count). The highest BCUT2D eigenvalue weighted by Gasteiger charge is 2.10. The van der Waals surface area contributed by atoms with Crippen LogP contribution in [-0.4, -0.2) is 8.42 Å². The summed E-state index contributed by atoms with van der Waals surface area (Å²) >= 11 is 3.50. The van der Waals surface area contributed by atoms with Crippen LogP contribution in [0.2, 0.25) is 0 Å². The van der Waals surface area contributed by atoms with E-state index in [-0.39, 0.29) is 4.90 Å². The molecule has 3 N–H and O–H groups in total. The molecule has 0 aliphatic rings. The number of sulfonamides is 1. The molecule has 0 amide bonds. The maximum Gasteiger partial charge on any atom is 0.238 e. The number of hydrogen-bond donors (Lipinski definition) is 2. The van der Waals surface area contributed by atoms with Crippen molar-refractivity contribution in [1.29, 1.82) is 0 Å². The third-order valence-electron chi connectivity index (χ3n) is 3.26. The van der Waals surface area contributed by atoms with Gasteiger partial charge in [0.1, 0.15) is 0 Å². The first-order chi connectivity index (χ1) is 9.77.